The molecule has 0 spiro atoms. The fourth-order valence-corrected chi connectivity index (χ4v) is 6.42. The molecule has 39 heavy (non-hydrogen) atoms. The Labute approximate surface area is 230 Å². The summed E-state index contributed by atoms with van der Waals surface area (Å²) in [7, 11) is 0. The van der Waals surface area contributed by atoms with E-state index in [1.165, 1.54) is 17.2 Å². The van der Waals surface area contributed by atoms with Crippen molar-refractivity contribution in [1.29, 1.82) is 0 Å². The highest BCUT2D eigenvalue weighted by molar-refractivity contribution is 5.92. The van der Waals surface area contributed by atoms with Crippen molar-refractivity contribution in [3.63, 3.8) is 0 Å². The van der Waals surface area contributed by atoms with E-state index >= 15 is 0 Å². The van der Waals surface area contributed by atoms with Crippen molar-refractivity contribution >= 4 is 11.7 Å². The smallest absolute Gasteiger partial charge is 0.271 e. The normalized spacial score (nSPS) is 27.9. The standard InChI is InChI=1S/C29H43N5O5/c1-19-8-7-9-20(2)27(19)38-22-15-26(35)34(30-16-22)24(14-21-10-5-6-11-21)28(36)31-25-12-13-33(32-25)17-23-18-37-29(3,4)39-23/h12-13,15-16,19-21,23-24,27H,5-11,14,17-18H2,1-4H3,(H,31,32,36). The zero-order valence-electron chi connectivity index (χ0n) is 23.7. The van der Waals surface area contributed by atoms with Gasteiger partial charge in [0.2, 0.25) is 0 Å². The van der Waals surface area contributed by atoms with Crippen LogP contribution in [-0.4, -0.2) is 50.1 Å². The first-order chi connectivity index (χ1) is 18.7. The van der Waals surface area contributed by atoms with Crippen molar-refractivity contribution < 1.29 is 19.0 Å². The molecule has 2 saturated carbocycles. The van der Waals surface area contributed by atoms with Crippen LogP contribution in [-0.2, 0) is 20.8 Å². The summed E-state index contributed by atoms with van der Waals surface area (Å²) in [6, 6.07) is 2.51. The number of ether oxygens (including phenoxy) is 3. The fraction of sp³-hybridized carbons (Fsp3) is 0.724. The van der Waals surface area contributed by atoms with Gasteiger partial charge in [0.15, 0.2) is 11.6 Å². The van der Waals surface area contributed by atoms with Gasteiger partial charge in [-0.25, -0.2) is 4.68 Å². The van der Waals surface area contributed by atoms with E-state index in [-0.39, 0.29) is 23.7 Å². The molecule has 4 unspecified atom stereocenters. The summed E-state index contributed by atoms with van der Waals surface area (Å²) in [4.78, 5) is 26.8. The van der Waals surface area contributed by atoms with Crippen molar-refractivity contribution in [2.24, 2.45) is 17.8 Å². The zero-order chi connectivity index (χ0) is 27.6. The second-order valence-corrected chi connectivity index (χ2v) is 12.2. The third kappa shape index (κ3) is 6.90. The van der Waals surface area contributed by atoms with Gasteiger partial charge in [0.05, 0.1) is 19.3 Å². The van der Waals surface area contributed by atoms with E-state index in [4.69, 9.17) is 14.2 Å². The molecule has 214 valence electrons. The Morgan fingerprint density at radius 3 is 2.59 bits per heavy atom. The predicted octanol–water partition coefficient (Wildman–Crippen LogP) is 4.55. The highest BCUT2D eigenvalue weighted by Crippen LogP contribution is 2.33. The van der Waals surface area contributed by atoms with Crippen LogP contribution in [0, 0.1) is 17.8 Å². The SMILES string of the molecule is CC1CCCC(C)C1Oc1cnn(C(CC2CCCC2)C(=O)Nc2ccn(CC3COC(C)(C)O3)n2)c(=O)c1. The van der Waals surface area contributed by atoms with E-state index in [0.717, 1.165) is 38.5 Å². The van der Waals surface area contributed by atoms with Gasteiger partial charge in [-0.2, -0.15) is 10.2 Å². The van der Waals surface area contributed by atoms with Gasteiger partial charge in [-0.1, -0.05) is 46.0 Å². The third-order valence-corrected chi connectivity index (χ3v) is 8.49. The maximum Gasteiger partial charge on any atom is 0.271 e. The van der Waals surface area contributed by atoms with Crippen LogP contribution in [0.25, 0.3) is 0 Å². The molecule has 10 nitrogen and oxygen atoms in total. The molecule has 0 aromatic carbocycles. The predicted molar refractivity (Wildman–Crippen MR) is 146 cm³/mol. The van der Waals surface area contributed by atoms with Crippen molar-refractivity contribution in [2.75, 3.05) is 11.9 Å². The summed E-state index contributed by atoms with van der Waals surface area (Å²) in [5.74, 6) is 1.26. The van der Waals surface area contributed by atoms with Crippen LogP contribution in [0.3, 0.4) is 0 Å². The number of amides is 1. The van der Waals surface area contributed by atoms with Gasteiger partial charge in [0, 0.05) is 18.3 Å². The topological polar surface area (TPSA) is 110 Å². The van der Waals surface area contributed by atoms with E-state index in [2.05, 4.69) is 29.4 Å². The van der Waals surface area contributed by atoms with Gasteiger partial charge >= 0.3 is 0 Å². The number of hydrogen-bond donors (Lipinski definition) is 1. The van der Waals surface area contributed by atoms with E-state index in [1.807, 2.05) is 13.8 Å². The summed E-state index contributed by atoms with van der Waals surface area (Å²) >= 11 is 0. The summed E-state index contributed by atoms with van der Waals surface area (Å²) in [6.45, 7) is 9.19. The number of hydrogen-bond acceptors (Lipinski definition) is 7. The Balaban J connectivity index is 1.29. The molecular formula is C29H43N5O5. The van der Waals surface area contributed by atoms with Crippen molar-refractivity contribution in [1.82, 2.24) is 19.6 Å². The molecule has 2 aromatic rings. The number of nitrogens with one attached hydrogen (secondary N) is 1. The molecule has 0 bridgehead atoms. The van der Waals surface area contributed by atoms with Crippen molar-refractivity contribution in [2.45, 2.75) is 110 Å². The Morgan fingerprint density at radius 2 is 1.92 bits per heavy atom. The average molecular weight is 542 g/mol. The lowest BCUT2D eigenvalue weighted by Gasteiger charge is -2.34. The molecule has 0 radical (unpaired) electrons. The molecule has 1 N–H and O–H groups in total. The highest BCUT2D eigenvalue weighted by atomic mass is 16.7. The van der Waals surface area contributed by atoms with Crippen LogP contribution in [0.2, 0.25) is 0 Å². The molecule has 3 fully saturated rings. The summed E-state index contributed by atoms with van der Waals surface area (Å²) in [5, 5.41) is 11.9. The molecule has 2 aromatic heterocycles. The second-order valence-electron chi connectivity index (χ2n) is 12.2. The van der Waals surface area contributed by atoms with Crippen molar-refractivity contribution in [3.05, 3.63) is 34.9 Å². The molecule has 2 aliphatic carbocycles. The van der Waals surface area contributed by atoms with Gasteiger partial charge in [0.25, 0.3) is 11.5 Å². The van der Waals surface area contributed by atoms with Crippen LogP contribution >= 0.6 is 0 Å². The van der Waals surface area contributed by atoms with E-state index in [1.54, 1.807) is 23.1 Å². The van der Waals surface area contributed by atoms with E-state index in [9.17, 15) is 9.59 Å². The minimum Gasteiger partial charge on any atom is -0.488 e. The molecule has 3 aliphatic rings. The lowest BCUT2D eigenvalue weighted by atomic mass is 9.80. The highest BCUT2D eigenvalue weighted by Gasteiger charge is 2.34. The van der Waals surface area contributed by atoms with Crippen LogP contribution in [0.5, 0.6) is 5.75 Å². The summed E-state index contributed by atoms with van der Waals surface area (Å²) in [6.07, 6.45) is 11.8. The molecule has 4 atom stereocenters. The number of carbonyl (C=O) groups excluding carboxylic acids is 1. The van der Waals surface area contributed by atoms with Gasteiger partial charge in [0.1, 0.15) is 24.0 Å². The van der Waals surface area contributed by atoms with Gasteiger partial charge in [-0.15, -0.1) is 0 Å². The molecule has 1 amide bonds. The Bertz CT molecular complexity index is 1180. The minimum atomic E-state index is -0.723. The lowest BCUT2D eigenvalue weighted by Crippen LogP contribution is -2.37. The minimum absolute atomic E-state index is 0.0655. The monoisotopic (exact) mass is 541 g/mol. The Hall–Kier alpha value is -2.72. The van der Waals surface area contributed by atoms with Crippen LogP contribution in [0.15, 0.2) is 29.3 Å². The molecular weight excluding hydrogens is 498 g/mol. The van der Waals surface area contributed by atoms with Crippen LogP contribution < -0.4 is 15.6 Å². The largest absolute Gasteiger partial charge is 0.488 e. The average Bonchev–Trinajstić information content (AvgIpc) is 3.63. The second kappa shape index (κ2) is 11.8. The first kappa shape index (κ1) is 27.8. The number of rotatable bonds is 9. The van der Waals surface area contributed by atoms with Gasteiger partial charge in [-0.05, 0) is 50.9 Å². The number of nitrogens with zero attached hydrogens (tertiary/aromatic N) is 4. The van der Waals surface area contributed by atoms with E-state index in [0.29, 0.717) is 48.9 Å². The van der Waals surface area contributed by atoms with Crippen molar-refractivity contribution in [3.8, 4) is 5.75 Å². The Kier molecular flexibility index (Phi) is 8.42. The fourth-order valence-electron chi connectivity index (χ4n) is 6.42. The molecule has 1 saturated heterocycles. The Morgan fingerprint density at radius 1 is 1.18 bits per heavy atom. The molecule has 10 heteroatoms. The third-order valence-electron chi connectivity index (χ3n) is 8.49. The molecule has 3 heterocycles. The first-order valence-electron chi connectivity index (χ1n) is 14.6. The lowest BCUT2D eigenvalue weighted by molar-refractivity contribution is -0.139. The zero-order valence-corrected chi connectivity index (χ0v) is 23.7. The molecule has 1 aliphatic heterocycles. The summed E-state index contributed by atoms with van der Waals surface area (Å²) < 4.78 is 20.8. The number of carbonyl (C=O) groups is 1. The van der Waals surface area contributed by atoms with Crippen LogP contribution in [0.1, 0.15) is 85.1 Å². The van der Waals surface area contributed by atoms with Crippen LogP contribution in [0.4, 0.5) is 5.82 Å². The summed E-state index contributed by atoms with van der Waals surface area (Å²) in [5.41, 5.74) is -0.326. The molecule has 5 rings (SSSR count). The first-order valence-corrected chi connectivity index (χ1v) is 14.6. The van der Waals surface area contributed by atoms with Gasteiger partial charge < -0.3 is 19.5 Å². The van der Waals surface area contributed by atoms with E-state index < -0.39 is 11.8 Å². The van der Waals surface area contributed by atoms with Gasteiger partial charge in [-0.3, -0.25) is 14.3 Å². The maximum absolute atomic E-state index is 13.5. The number of anilines is 1. The quantitative estimate of drug-likeness (QED) is 0.496. The maximum atomic E-state index is 13.5. The number of aromatic nitrogens is 4.